The minimum atomic E-state index is -0.132. The number of hydrogen-bond donors (Lipinski definition) is 1. The van der Waals surface area contributed by atoms with Crippen molar-refractivity contribution in [2.24, 2.45) is 7.05 Å². The van der Waals surface area contributed by atoms with E-state index in [0.717, 1.165) is 37.4 Å². The third kappa shape index (κ3) is 4.01. The Morgan fingerprint density at radius 1 is 1.13 bits per heavy atom. The first kappa shape index (κ1) is 20.3. The summed E-state index contributed by atoms with van der Waals surface area (Å²) in [7, 11) is 1.72. The summed E-state index contributed by atoms with van der Waals surface area (Å²) >= 11 is 5.96. The van der Waals surface area contributed by atoms with Gasteiger partial charge in [-0.2, -0.15) is 9.97 Å². The van der Waals surface area contributed by atoms with Gasteiger partial charge in [0, 0.05) is 31.7 Å². The number of anilines is 2. The topological polar surface area (TPSA) is 68.0 Å². The van der Waals surface area contributed by atoms with Crippen molar-refractivity contribution < 1.29 is 0 Å². The van der Waals surface area contributed by atoms with Crippen LogP contribution in [0.3, 0.4) is 0 Å². The number of piperidine rings is 1. The summed E-state index contributed by atoms with van der Waals surface area (Å²) in [6.07, 6.45) is 3.48. The fourth-order valence-electron chi connectivity index (χ4n) is 3.73. The van der Waals surface area contributed by atoms with Crippen LogP contribution in [0.2, 0.25) is 5.02 Å². The largest absolute Gasteiger partial charge is 0.351 e. The van der Waals surface area contributed by atoms with E-state index in [0.29, 0.717) is 35.2 Å². The second-order valence-corrected chi connectivity index (χ2v) is 7.86. The van der Waals surface area contributed by atoms with E-state index in [1.807, 2.05) is 28.8 Å². The van der Waals surface area contributed by atoms with E-state index in [4.69, 9.17) is 16.6 Å². The number of fused-ring (bicyclic) bond motifs is 1. The number of rotatable bonds is 5. The molecule has 0 spiro atoms. The van der Waals surface area contributed by atoms with Gasteiger partial charge in [-0.05, 0) is 43.9 Å². The van der Waals surface area contributed by atoms with Crippen LogP contribution in [-0.4, -0.2) is 32.2 Å². The molecule has 0 radical (unpaired) electrons. The molecule has 0 saturated carbocycles. The molecule has 3 aromatic rings. The van der Waals surface area contributed by atoms with Crippen molar-refractivity contribution in [1.82, 2.24) is 19.1 Å². The van der Waals surface area contributed by atoms with Crippen molar-refractivity contribution in [3.8, 4) is 11.8 Å². The van der Waals surface area contributed by atoms with Gasteiger partial charge in [-0.3, -0.25) is 13.9 Å². The molecule has 156 valence electrons. The number of aromatic nitrogens is 4. The predicted octanol–water partition coefficient (Wildman–Crippen LogP) is 3.41. The summed E-state index contributed by atoms with van der Waals surface area (Å²) in [5.74, 6) is 7.27. The predicted molar refractivity (Wildman–Crippen MR) is 121 cm³/mol. The Balaban J connectivity index is 1.73. The van der Waals surface area contributed by atoms with Crippen molar-refractivity contribution in [3.63, 3.8) is 0 Å². The molecule has 1 saturated heterocycles. The Labute approximate surface area is 180 Å². The fourth-order valence-corrected chi connectivity index (χ4v) is 3.86. The van der Waals surface area contributed by atoms with Gasteiger partial charge in [-0.15, -0.1) is 5.92 Å². The average molecular weight is 425 g/mol. The van der Waals surface area contributed by atoms with E-state index >= 15 is 0 Å². The maximum absolute atomic E-state index is 13.2. The second-order valence-electron chi connectivity index (χ2n) is 7.42. The summed E-state index contributed by atoms with van der Waals surface area (Å²) in [6, 6.07) is 7.57. The van der Waals surface area contributed by atoms with Gasteiger partial charge in [0.1, 0.15) is 0 Å². The smallest absolute Gasteiger partial charge is 0.281 e. The zero-order chi connectivity index (χ0) is 21.1. The molecule has 1 aliphatic rings. The van der Waals surface area contributed by atoms with E-state index in [1.165, 1.54) is 11.0 Å². The Bertz CT molecular complexity index is 1160. The van der Waals surface area contributed by atoms with Gasteiger partial charge < -0.3 is 10.2 Å². The molecule has 0 amide bonds. The van der Waals surface area contributed by atoms with Crippen molar-refractivity contribution in [3.05, 3.63) is 45.2 Å². The van der Waals surface area contributed by atoms with Gasteiger partial charge in [-0.25, -0.2) is 0 Å². The lowest BCUT2D eigenvalue weighted by Crippen LogP contribution is -2.32. The molecule has 2 aromatic heterocycles. The van der Waals surface area contributed by atoms with Crippen LogP contribution in [0.1, 0.15) is 31.7 Å². The molecule has 0 aliphatic carbocycles. The summed E-state index contributed by atoms with van der Waals surface area (Å²) < 4.78 is 3.45. The highest BCUT2D eigenvalue weighted by Crippen LogP contribution is 2.23. The van der Waals surface area contributed by atoms with Gasteiger partial charge in [0.05, 0.1) is 6.54 Å². The van der Waals surface area contributed by atoms with Gasteiger partial charge in [-0.1, -0.05) is 29.7 Å². The van der Waals surface area contributed by atoms with Crippen LogP contribution < -0.4 is 15.8 Å². The minimum absolute atomic E-state index is 0.132. The third-order valence-corrected chi connectivity index (χ3v) is 5.63. The average Bonchev–Trinajstić information content (AvgIpc) is 3.14. The van der Waals surface area contributed by atoms with E-state index in [9.17, 15) is 4.79 Å². The molecule has 1 N–H and O–H groups in total. The lowest BCUT2D eigenvalue weighted by Gasteiger charge is -2.27. The number of nitrogens with one attached hydrogen (secondary N) is 1. The molecule has 8 heteroatoms. The fraction of sp³-hybridized carbons (Fsp3) is 0.409. The van der Waals surface area contributed by atoms with Gasteiger partial charge >= 0.3 is 0 Å². The molecule has 4 rings (SSSR count). The molecule has 1 aliphatic heterocycles. The third-order valence-electron chi connectivity index (χ3n) is 5.38. The van der Waals surface area contributed by atoms with Crippen molar-refractivity contribution in [2.45, 2.75) is 39.3 Å². The highest BCUT2D eigenvalue weighted by Gasteiger charge is 2.22. The molecule has 1 aromatic carbocycles. The summed E-state index contributed by atoms with van der Waals surface area (Å²) in [6.45, 7) is 4.63. The zero-order valence-electron chi connectivity index (χ0n) is 17.3. The summed E-state index contributed by atoms with van der Waals surface area (Å²) in [5, 5.41) is 3.94. The van der Waals surface area contributed by atoms with Gasteiger partial charge in [0.2, 0.25) is 11.9 Å². The van der Waals surface area contributed by atoms with Crippen LogP contribution in [0.15, 0.2) is 29.1 Å². The lowest BCUT2D eigenvalue weighted by atomic mass is 10.1. The van der Waals surface area contributed by atoms with E-state index in [1.54, 1.807) is 14.0 Å². The molecule has 3 heterocycles. The zero-order valence-corrected chi connectivity index (χ0v) is 18.0. The standard InChI is InChI=1S/C22H25ClN6O/c1-3-4-14-29-18-19(26-22(29)28-12-6-5-7-13-28)25-21(27(2)20(18)30)24-15-16-8-10-17(23)11-9-16/h8-11H,5-7,12-15H2,1-2H3,(H,24,25). The van der Waals surface area contributed by atoms with Crippen LogP contribution in [0.5, 0.6) is 0 Å². The first-order valence-electron chi connectivity index (χ1n) is 10.2. The minimum Gasteiger partial charge on any atom is -0.351 e. The highest BCUT2D eigenvalue weighted by molar-refractivity contribution is 6.30. The van der Waals surface area contributed by atoms with Crippen molar-refractivity contribution in [2.75, 3.05) is 23.3 Å². The lowest BCUT2D eigenvalue weighted by molar-refractivity contribution is 0.561. The molecule has 30 heavy (non-hydrogen) atoms. The van der Waals surface area contributed by atoms with Gasteiger partial charge in [0.15, 0.2) is 11.2 Å². The van der Waals surface area contributed by atoms with Crippen LogP contribution >= 0.6 is 11.6 Å². The summed E-state index contributed by atoms with van der Waals surface area (Å²) in [5.41, 5.74) is 1.87. The quantitative estimate of drug-likeness (QED) is 0.636. The molecular formula is C22H25ClN6O. The molecule has 0 unspecified atom stereocenters. The number of imidazole rings is 1. The monoisotopic (exact) mass is 424 g/mol. The number of nitrogens with zero attached hydrogens (tertiary/aromatic N) is 5. The number of benzene rings is 1. The molecule has 7 nitrogen and oxygen atoms in total. The molecule has 1 fully saturated rings. The second kappa shape index (κ2) is 8.80. The molecule has 0 bridgehead atoms. The SMILES string of the molecule is CC#CCn1c(N2CCCCC2)nc2nc(NCc3ccc(Cl)cc3)n(C)c(=O)c21. The first-order valence-corrected chi connectivity index (χ1v) is 10.6. The Morgan fingerprint density at radius 3 is 2.57 bits per heavy atom. The number of hydrogen-bond acceptors (Lipinski definition) is 5. The maximum Gasteiger partial charge on any atom is 0.281 e. The van der Waals surface area contributed by atoms with Crippen molar-refractivity contribution in [1.29, 1.82) is 0 Å². The Kier molecular flexibility index (Phi) is 5.96. The van der Waals surface area contributed by atoms with Crippen LogP contribution in [0, 0.1) is 11.8 Å². The molecule has 0 atom stereocenters. The first-order chi connectivity index (χ1) is 14.6. The van der Waals surface area contributed by atoms with E-state index in [2.05, 4.69) is 27.0 Å². The number of halogens is 1. The maximum atomic E-state index is 13.2. The van der Waals surface area contributed by atoms with E-state index in [-0.39, 0.29) is 5.56 Å². The van der Waals surface area contributed by atoms with Crippen LogP contribution in [0.4, 0.5) is 11.9 Å². The van der Waals surface area contributed by atoms with Crippen LogP contribution in [-0.2, 0) is 20.1 Å². The van der Waals surface area contributed by atoms with Gasteiger partial charge in [0.25, 0.3) is 5.56 Å². The summed E-state index contributed by atoms with van der Waals surface area (Å²) in [4.78, 5) is 24.9. The Hall–Kier alpha value is -2.98. The van der Waals surface area contributed by atoms with E-state index < -0.39 is 0 Å². The Morgan fingerprint density at radius 2 is 1.87 bits per heavy atom. The molecular weight excluding hydrogens is 400 g/mol. The van der Waals surface area contributed by atoms with Crippen molar-refractivity contribution >= 4 is 34.7 Å². The highest BCUT2D eigenvalue weighted by atomic mass is 35.5. The van der Waals surface area contributed by atoms with Crippen LogP contribution in [0.25, 0.3) is 11.2 Å². The normalized spacial score (nSPS) is 13.9.